The third-order valence-corrected chi connectivity index (χ3v) is 6.86. The van der Waals surface area contributed by atoms with E-state index < -0.39 is 30.1 Å². The van der Waals surface area contributed by atoms with E-state index in [4.69, 9.17) is 4.74 Å². The zero-order chi connectivity index (χ0) is 28.9. The van der Waals surface area contributed by atoms with Gasteiger partial charge in [-0.25, -0.2) is 5.43 Å². The third-order valence-electron chi connectivity index (χ3n) is 6.86. The van der Waals surface area contributed by atoms with Gasteiger partial charge in [0.15, 0.2) is 6.10 Å². The first-order valence-electron chi connectivity index (χ1n) is 14.2. The Kier molecular flexibility index (Phi) is 13.2. The highest BCUT2D eigenvalue weighted by molar-refractivity contribution is 5.90. The Morgan fingerprint density at radius 1 is 1.13 bits per heavy atom. The summed E-state index contributed by atoms with van der Waals surface area (Å²) < 4.78 is 5.47. The molecule has 1 aliphatic heterocycles. The highest BCUT2D eigenvalue weighted by atomic mass is 16.5. The van der Waals surface area contributed by atoms with E-state index in [9.17, 15) is 19.2 Å². The van der Waals surface area contributed by atoms with Crippen molar-refractivity contribution < 1.29 is 23.9 Å². The van der Waals surface area contributed by atoms with Gasteiger partial charge in [0.05, 0.1) is 6.04 Å². The van der Waals surface area contributed by atoms with Crippen LogP contribution < -0.4 is 16.1 Å². The highest BCUT2D eigenvalue weighted by Gasteiger charge is 2.33. The molecular formula is C30H46N4O5. The van der Waals surface area contributed by atoms with Gasteiger partial charge in [-0.05, 0) is 56.2 Å². The van der Waals surface area contributed by atoms with Crippen molar-refractivity contribution in [3.63, 3.8) is 0 Å². The average molecular weight is 543 g/mol. The number of hydrogen-bond acceptors (Lipinski definition) is 6. The molecule has 3 amide bonds. The summed E-state index contributed by atoms with van der Waals surface area (Å²) in [5.74, 6) is -1.72. The first kappa shape index (κ1) is 32.0. The summed E-state index contributed by atoms with van der Waals surface area (Å²) in [5, 5.41) is 7.10. The number of hydrogen-bond donors (Lipinski definition) is 3. The lowest BCUT2D eigenvalue weighted by Crippen LogP contribution is -2.61. The molecule has 1 saturated heterocycles. The van der Waals surface area contributed by atoms with Gasteiger partial charge in [-0.3, -0.25) is 24.2 Å². The molecule has 0 aromatic heterocycles. The number of amides is 3. The maximum Gasteiger partial charge on any atom is 0.306 e. The molecule has 0 spiro atoms. The Morgan fingerprint density at radius 3 is 2.54 bits per heavy atom. The van der Waals surface area contributed by atoms with E-state index >= 15 is 0 Å². The fraction of sp³-hybridized carbons (Fsp3) is 0.600. The molecule has 9 nitrogen and oxygen atoms in total. The molecule has 1 aliphatic rings. The standard InChI is InChI=1S/C30H46N4O5/c1-7-9-10-11-17-26(35)39-27(20(3)4)29(37)32-22(6)30(38)34-18-13-16-25(33-34)28(36)31-21(5)24-15-12-14-23(8-2)19-24/h8,12,14-15,19-22,25,27,33H,2,7,9-11,13,16-18H2,1,3-6H3,(H,31,36)(H,32,37). The van der Waals surface area contributed by atoms with E-state index in [1.165, 1.54) is 5.01 Å². The Hall–Kier alpha value is -3.20. The molecule has 0 radical (unpaired) electrons. The molecule has 216 valence electrons. The van der Waals surface area contributed by atoms with Crippen molar-refractivity contribution in [3.05, 3.63) is 42.0 Å². The molecule has 0 saturated carbocycles. The van der Waals surface area contributed by atoms with E-state index in [0.717, 1.165) is 36.8 Å². The summed E-state index contributed by atoms with van der Waals surface area (Å²) in [6, 6.07) is 6.12. The number of unbranched alkanes of at least 4 members (excludes halogenated alkanes) is 3. The number of carbonyl (C=O) groups is 4. The monoisotopic (exact) mass is 542 g/mol. The van der Waals surface area contributed by atoms with Crippen LogP contribution in [0.4, 0.5) is 0 Å². The normalized spacial score (nSPS) is 17.6. The molecule has 1 aromatic carbocycles. The van der Waals surface area contributed by atoms with Gasteiger partial charge in [0, 0.05) is 13.0 Å². The third kappa shape index (κ3) is 10.1. The minimum atomic E-state index is -0.979. The number of ether oxygens (including phenoxy) is 1. The van der Waals surface area contributed by atoms with E-state index in [0.29, 0.717) is 19.4 Å². The molecule has 1 aromatic rings. The quantitative estimate of drug-likeness (QED) is 0.241. The van der Waals surface area contributed by atoms with Crippen LogP contribution in [0.3, 0.4) is 0 Å². The van der Waals surface area contributed by atoms with Crippen molar-refractivity contribution in [1.29, 1.82) is 0 Å². The molecule has 4 unspecified atom stereocenters. The molecule has 2 rings (SSSR count). The number of nitrogens with zero attached hydrogens (tertiary/aromatic N) is 1. The predicted octanol–water partition coefficient (Wildman–Crippen LogP) is 4.05. The molecule has 1 fully saturated rings. The number of hydrazine groups is 1. The van der Waals surface area contributed by atoms with Crippen molar-refractivity contribution in [1.82, 2.24) is 21.1 Å². The number of rotatable bonds is 14. The SMILES string of the molecule is C=Cc1cccc(C(C)NC(=O)C2CCCN(C(=O)C(C)NC(=O)C(OC(=O)CCCCCC)C(C)C)N2)c1. The fourth-order valence-corrected chi connectivity index (χ4v) is 4.47. The van der Waals surface area contributed by atoms with Gasteiger partial charge < -0.3 is 15.4 Å². The van der Waals surface area contributed by atoms with Crippen LogP contribution in [0.15, 0.2) is 30.8 Å². The molecule has 4 atom stereocenters. The fourth-order valence-electron chi connectivity index (χ4n) is 4.47. The topological polar surface area (TPSA) is 117 Å². The van der Waals surface area contributed by atoms with Crippen molar-refractivity contribution in [2.75, 3.05) is 6.54 Å². The molecule has 0 aliphatic carbocycles. The minimum absolute atomic E-state index is 0.202. The largest absolute Gasteiger partial charge is 0.452 e. The van der Waals surface area contributed by atoms with Crippen LogP contribution in [0, 0.1) is 5.92 Å². The van der Waals surface area contributed by atoms with Gasteiger partial charge >= 0.3 is 5.97 Å². The lowest BCUT2D eigenvalue weighted by Gasteiger charge is -2.35. The second-order valence-corrected chi connectivity index (χ2v) is 10.6. The van der Waals surface area contributed by atoms with E-state index in [2.05, 4.69) is 29.6 Å². The minimum Gasteiger partial charge on any atom is -0.452 e. The van der Waals surface area contributed by atoms with Gasteiger partial charge in [0.25, 0.3) is 11.8 Å². The first-order chi connectivity index (χ1) is 18.6. The van der Waals surface area contributed by atoms with Gasteiger partial charge in [-0.15, -0.1) is 0 Å². The summed E-state index contributed by atoms with van der Waals surface area (Å²) >= 11 is 0. The number of benzene rings is 1. The van der Waals surface area contributed by atoms with Crippen molar-refractivity contribution in [2.45, 2.75) is 104 Å². The molecule has 39 heavy (non-hydrogen) atoms. The average Bonchev–Trinajstić information content (AvgIpc) is 2.93. The Balaban J connectivity index is 1.91. The lowest BCUT2D eigenvalue weighted by molar-refractivity contribution is -0.159. The van der Waals surface area contributed by atoms with Crippen LogP contribution in [0.1, 0.15) is 96.7 Å². The predicted molar refractivity (Wildman–Crippen MR) is 152 cm³/mol. The maximum atomic E-state index is 13.1. The van der Waals surface area contributed by atoms with Crippen LogP contribution >= 0.6 is 0 Å². The summed E-state index contributed by atoms with van der Waals surface area (Å²) in [5.41, 5.74) is 4.95. The van der Waals surface area contributed by atoms with E-state index in [1.54, 1.807) is 26.8 Å². The molecule has 3 N–H and O–H groups in total. The zero-order valence-corrected chi connectivity index (χ0v) is 24.1. The smallest absolute Gasteiger partial charge is 0.306 e. The van der Waals surface area contributed by atoms with Crippen molar-refractivity contribution in [2.24, 2.45) is 5.92 Å². The van der Waals surface area contributed by atoms with Crippen LogP contribution in [0.2, 0.25) is 0 Å². The Bertz CT molecular complexity index is 995. The number of carbonyl (C=O) groups excluding carboxylic acids is 4. The Morgan fingerprint density at radius 2 is 1.87 bits per heavy atom. The second-order valence-electron chi connectivity index (χ2n) is 10.6. The van der Waals surface area contributed by atoms with Crippen LogP contribution in [-0.2, 0) is 23.9 Å². The van der Waals surface area contributed by atoms with Gasteiger partial charge in [-0.2, -0.15) is 0 Å². The summed E-state index contributed by atoms with van der Waals surface area (Å²) in [6.45, 7) is 13.4. The summed E-state index contributed by atoms with van der Waals surface area (Å²) in [6.07, 6.45) is 6.06. The molecule has 9 heteroatoms. The van der Waals surface area contributed by atoms with E-state index in [-0.39, 0.29) is 30.2 Å². The summed E-state index contributed by atoms with van der Waals surface area (Å²) in [4.78, 5) is 51.3. The van der Waals surface area contributed by atoms with Crippen LogP contribution in [-0.4, -0.2) is 53.4 Å². The van der Waals surface area contributed by atoms with Gasteiger partial charge in [0.1, 0.15) is 12.1 Å². The van der Waals surface area contributed by atoms with Crippen molar-refractivity contribution >= 4 is 29.8 Å². The van der Waals surface area contributed by atoms with Crippen LogP contribution in [0.25, 0.3) is 6.08 Å². The maximum absolute atomic E-state index is 13.1. The van der Waals surface area contributed by atoms with Crippen LogP contribution in [0.5, 0.6) is 0 Å². The Labute approximate surface area is 233 Å². The van der Waals surface area contributed by atoms with Crippen molar-refractivity contribution in [3.8, 4) is 0 Å². The first-order valence-corrected chi connectivity index (χ1v) is 14.2. The second kappa shape index (κ2) is 16.0. The zero-order valence-electron chi connectivity index (χ0n) is 24.1. The number of nitrogens with one attached hydrogen (secondary N) is 3. The molecule has 1 heterocycles. The lowest BCUT2D eigenvalue weighted by atomic mass is 10.0. The van der Waals surface area contributed by atoms with Gasteiger partial charge in [0.2, 0.25) is 5.91 Å². The molecule has 0 bridgehead atoms. The summed E-state index contributed by atoms with van der Waals surface area (Å²) in [7, 11) is 0. The highest BCUT2D eigenvalue weighted by Crippen LogP contribution is 2.17. The van der Waals surface area contributed by atoms with E-state index in [1.807, 2.05) is 31.2 Å². The van der Waals surface area contributed by atoms with Gasteiger partial charge in [-0.1, -0.05) is 70.9 Å². The number of esters is 1. The molecular weight excluding hydrogens is 496 g/mol.